The second-order valence-corrected chi connectivity index (χ2v) is 5.43. The van der Waals surface area contributed by atoms with Gasteiger partial charge < -0.3 is 10.4 Å². The highest BCUT2D eigenvalue weighted by molar-refractivity contribution is 6.33. The van der Waals surface area contributed by atoms with Crippen molar-refractivity contribution in [2.45, 2.75) is 19.4 Å². The number of aliphatic hydroxyl groups is 1. The fourth-order valence-corrected chi connectivity index (χ4v) is 2.45. The minimum atomic E-state index is -0.336. The number of rotatable bonds is 5. The molecule has 2 rings (SSSR count). The van der Waals surface area contributed by atoms with Gasteiger partial charge in [0, 0.05) is 0 Å². The van der Waals surface area contributed by atoms with Crippen molar-refractivity contribution in [3.63, 3.8) is 0 Å². The molecule has 0 fully saturated rings. The number of halogens is 1. The zero-order valence-corrected chi connectivity index (χ0v) is 12.6. The van der Waals surface area contributed by atoms with Crippen LogP contribution in [-0.2, 0) is 6.42 Å². The van der Waals surface area contributed by atoms with E-state index in [1.807, 2.05) is 43.3 Å². The molecule has 4 heteroatoms. The van der Waals surface area contributed by atoms with Crippen LogP contribution in [0.1, 0.15) is 21.5 Å². The van der Waals surface area contributed by atoms with Gasteiger partial charge in [0.1, 0.15) is 0 Å². The van der Waals surface area contributed by atoms with Crippen LogP contribution in [0.25, 0.3) is 0 Å². The third kappa shape index (κ3) is 4.31. The lowest BCUT2D eigenvalue weighted by Gasteiger charge is -2.17. The molecule has 2 aromatic rings. The summed E-state index contributed by atoms with van der Waals surface area (Å²) in [7, 11) is 0. The average molecular weight is 304 g/mol. The molecule has 0 spiro atoms. The Morgan fingerprint density at radius 2 is 1.95 bits per heavy atom. The van der Waals surface area contributed by atoms with Crippen LogP contribution in [0.15, 0.2) is 48.5 Å². The molecule has 0 aliphatic carbocycles. The second-order valence-electron chi connectivity index (χ2n) is 5.03. The maximum atomic E-state index is 12.2. The number of aliphatic hydroxyl groups excluding tert-OH is 1. The normalized spacial score (nSPS) is 12.0. The summed E-state index contributed by atoms with van der Waals surface area (Å²) in [5, 5.41) is 12.7. The minimum Gasteiger partial charge on any atom is -0.394 e. The number of amides is 1. The zero-order valence-electron chi connectivity index (χ0n) is 11.8. The van der Waals surface area contributed by atoms with Gasteiger partial charge in [0.2, 0.25) is 0 Å². The van der Waals surface area contributed by atoms with Crippen LogP contribution in [0.5, 0.6) is 0 Å². The van der Waals surface area contributed by atoms with E-state index in [-0.39, 0.29) is 18.6 Å². The van der Waals surface area contributed by atoms with Crippen LogP contribution in [0.2, 0.25) is 5.02 Å². The van der Waals surface area contributed by atoms with Crippen molar-refractivity contribution in [3.05, 3.63) is 70.2 Å². The monoisotopic (exact) mass is 303 g/mol. The van der Waals surface area contributed by atoms with E-state index in [1.165, 1.54) is 0 Å². The van der Waals surface area contributed by atoms with Crippen LogP contribution in [0.3, 0.4) is 0 Å². The average Bonchev–Trinajstić information content (AvgIpc) is 2.47. The summed E-state index contributed by atoms with van der Waals surface area (Å²) in [6.45, 7) is 1.80. The Kier molecular flexibility index (Phi) is 5.37. The van der Waals surface area contributed by atoms with Gasteiger partial charge in [-0.2, -0.15) is 0 Å². The van der Waals surface area contributed by atoms with Crippen molar-refractivity contribution in [1.82, 2.24) is 5.32 Å². The van der Waals surface area contributed by atoms with E-state index in [0.717, 1.165) is 11.1 Å². The third-order valence-electron chi connectivity index (χ3n) is 3.25. The fraction of sp³-hybridized carbons (Fsp3) is 0.235. The molecule has 0 bridgehead atoms. The van der Waals surface area contributed by atoms with Crippen LogP contribution >= 0.6 is 11.6 Å². The van der Waals surface area contributed by atoms with Gasteiger partial charge in [0.05, 0.1) is 23.2 Å². The quantitative estimate of drug-likeness (QED) is 0.892. The number of nitrogens with one attached hydrogen (secondary N) is 1. The Morgan fingerprint density at radius 1 is 1.24 bits per heavy atom. The van der Waals surface area contributed by atoms with E-state index < -0.39 is 0 Å². The summed E-state index contributed by atoms with van der Waals surface area (Å²) in [6, 6.07) is 14.7. The minimum absolute atomic E-state index is 0.121. The van der Waals surface area contributed by atoms with Crippen LogP contribution in [0, 0.1) is 6.92 Å². The molecule has 21 heavy (non-hydrogen) atoms. The summed E-state index contributed by atoms with van der Waals surface area (Å²) in [4.78, 5) is 12.2. The Hall–Kier alpha value is -1.84. The molecule has 0 saturated heterocycles. The SMILES string of the molecule is Cc1ccc(C(=O)N[C@@H](CO)Cc2ccccc2)c(Cl)c1. The van der Waals surface area contributed by atoms with Gasteiger partial charge in [-0.15, -0.1) is 0 Å². The van der Waals surface area contributed by atoms with E-state index in [2.05, 4.69) is 5.32 Å². The molecule has 110 valence electrons. The van der Waals surface area contributed by atoms with Gasteiger partial charge in [-0.1, -0.05) is 48.0 Å². The van der Waals surface area contributed by atoms with Crippen molar-refractivity contribution in [2.24, 2.45) is 0 Å². The molecule has 1 atom stereocenters. The maximum Gasteiger partial charge on any atom is 0.253 e. The molecule has 3 nitrogen and oxygen atoms in total. The molecule has 2 aromatic carbocycles. The fourth-order valence-electron chi connectivity index (χ4n) is 2.13. The number of benzene rings is 2. The highest BCUT2D eigenvalue weighted by atomic mass is 35.5. The lowest BCUT2D eigenvalue weighted by atomic mass is 10.1. The van der Waals surface area contributed by atoms with Gasteiger partial charge >= 0.3 is 0 Å². The van der Waals surface area contributed by atoms with E-state index in [9.17, 15) is 9.90 Å². The topological polar surface area (TPSA) is 49.3 Å². The molecular formula is C17H18ClNO2. The Balaban J connectivity index is 2.06. The Morgan fingerprint density at radius 3 is 2.57 bits per heavy atom. The number of aryl methyl sites for hydroxylation is 1. The molecule has 0 saturated carbocycles. The van der Waals surface area contributed by atoms with Gasteiger partial charge in [0.15, 0.2) is 0 Å². The lowest BCUT2D eigenvalue weighted by Crippen LogP contribution is -2.39. The first-order chi connectivity index (χ1) is 10.1. The van der Waals surface area contributed by atoms with Gasteiger partial charge in [-0.3, -0.25) is 4.79 Å². The van der Waals surface area contributed by atoms with Crippen LogP contribution < -0.4 is 5.32 Å². The molecule has 0 heterocycles. The predicted molar refractivity (Wildman–Crippen MR) is 84.7 cm³/mol. The molecule has 0 unspecified atom stereocenters. The standard InChI is InChI=1S/C17H18ClNO2/c1-12-7-8-15(16(18)9-12)17(21)19-14(11-20)10-13-5-3-2-4-6-13/h2-9,14,20H,10-11H2,1H3,(H,19,21)/t14-/m1/s1. The van der Waals surface area contributed by atoms with Gasteiger partial charge in [0.25, 0.3) is 5.91 Å². The summed E-state index contributed by atoms with van der Waals surface area (Å²) in [5.74, 6) is -0.269. The van der Waals surface area contributed by atoms with Crippen molar-refractivity contribution < 1.29 is 9.90 Å². The first kappa shape index (κ1) is 15.5. The van der Waals surface area contributed by atoms with Crippen molar-refractivity contribution >= 4 is 17.5 Å². The Bertz CT molecular complexity index is 613. The van der Waals surface area contributed by atoms with Gasteiger partial charge in [-0.25, -0.2) is 0 Å². The molecule has 0 aliphatic rings. The molecule has 2 N–H and O–H groups in total. The zero-order chi connectivity index (χ0) is 15.2. The molecule has 0 aromatic heterocycles. The van der Waals surface area contributed by atoms with Crippen molar-refractivity contribution in [2.75, 3.05) is 6.61 Å². The predicted octanol–water partition coefficient (Wildman–Crippen LogP) is 2.98. The Labute approximate surface area is 129 Å². The smallest absolute Gasteiger partial charge is 0.253 e. The van der Waals surface area contributed by atoms with E-state index in [1.54, 1.807) is 12.1 Å². The number of hydrogen-bond donors (Lipinski definition) is 2. The summed E-state index contributed by atoms with van der Waals surface area (Å²) in [5.41, 5.74) is 2.49. The first-order valence-corrected chi connectivity index (χ1v) is 7.19. The van der Waals surface area contributed by atoms with Crippen LogP contribution in [-0.4, -0.2) is 23.7 Å². The second kappa shape index (κ2) is 7.25. The van der Waals surface area contributed by atoms with E-state index in [4.69, 9.17) is 11.6 Å². The number of hydrogen-bond acceptors (Lipinski definition) is 2. The summed E-state index contributed by atoms with van der Waals surface area (Å²) in [6.07, 6.45) is 0.576. The van der Waals surface area contributed by atoms with Crippen LogP contribution in [0.4, 0.5) is 0 Å². The number of carbonyl (C=O) groups is 1. The highest BCUT2D eigenvalue weighted by Gasteiger charge is 2.15. The van der Waals surface area contributed by atoms with E-state index >= 15 is 0 Å². The third-order valence-corrected chi connectivity index (χ3v) is 3.56. The molecule has 0 aliphatic heterocycles. The summed E-state index contributed by atoms with van der Waals surface area (Å²) < 4.78 is 0. The van der Waals surface area contributed by atoms with E-state index in [0.29, 0.717) is 17.0 Å². The largest absolute Gasteiger partial charge is 0.394 e. The van der Waals surface area contributed by atoms with Crippen molar-refractivity contribution in [3.8, 4) is 0 Å². The number of carbonyl (C=O) groups excluding carboxylic acids is 1. The maximum absolute atomic E-state index is 12.2. The molecule has 0 radical (unpaired) electrons. The van der Waals surface area contributed by atoms with Gasteiger partial charge in [-0.05, 0) is 36.6 Å². The highest BCUT2D eigenvalue weighted by Crippen LogP contribution is 2.17. The molecular weight excluding hydrogens is 286 g/mol. The van der Waals surface area contributed by atoms with Crippen molar-refractivity contribution in [1.29, 1.82) is 0 Å². The lowest BCUT2D eigenvalue weighted by molar-refractivity contribution is 0.0916. The summed E-state index contributed by atoms with van der Waals surface area (Å²) >= 11 is 6.09. The first-order valence-electron chi connectivity index (χ1n) is 6.82. The molecule has 1 amide bonds.